The third-order valence-electron chi connectivity index (χ3n) is 3.49. The summed E-state index contributed by atoms with van der Waals surface area (Å²) in [6.45, 7) is 9.34. The largest absolute Gasteiger partial charge is 0.368 e. The molecular formula is C12H25N3O. The van der Waals surface area contributed by atoms with Crippen LogP contribution < -0.4 is 11.5 Å². The molecule has 4 heteroatoms. The van der Waals surface area contributed by atoms with Crippen LogP contribution in [-0.2, 0) is 4.79 Å². The van der Waals surface area contributed by atoms with Crippen molar-refractivity contribution in [3.8, 4) is 0 Å². The molecule has 94 valence electrons. The van der Waals surface area contributed by atoms with Gasteiger partial charge < -0.3 is 16.4 Å². The van der Waals surface area contributed by atoms with Gasteiger partial charge in [0, 0.05) is 13.1 Å². The Morgan fingerprint density at radius 2 is 2.12 bits per heavy atom. The minimum atomic E-state index is -0.873. The zero-order chi connectivity index (χ0) is 12.4. The number of rotatable bonds is 4. The predicted octanol–water partition coefficient (Wildman–Crippen LogP) is 0.701. The molecule has 0 aromatic heterocycles. The van der Waals surface area contributed by atoms with Crippen molar-refractivity contribution in [3.63, 3.8) is 0 Å². The number of likely N-dealkylation sites (tertiary alicyclic amines) is 1. The highest BCUT2D eigenvalue weighted by Crippen LogP contribution is 2.28. The van der Waals surface area contributed by atoms with E-state index >= 15 is 0 Å². The fourth-order valence-electron chi connectivity index (χ4n) is 2.25. The molecule has 1 atom stereocenters. The standard InChI is InChI=1S/C12H25N3O/c1-11(2)5-4-7-15(9-11)8-6-12(3,14)10(13)16/h4-9,14H2,1-3H3,(H2,13,16). The summed E-state index contributed by atoms with van der Waals surface area (Å²) in [6, 6.07) is 0. The number of carbonyl (C=O) groups is 1. The molecule has 0 aliphatic carbocycles. The highest BCUT2D eigenvalue weighted by atomic mass is 16.1. The smallest absolute Gasteiger partial charge is 0.237 e. The lowest BCUT2D eigenvalue weighted by atomic mass is 9.84. The Morgan fingerprint density at radius 1 is 1.50 bits per heavy atom. The molecule has 1 unspecified atom stereocenters. The minimum Gasteiger partial charge on any atom is -0.368 e. The first-order valence-electron chi connectivity index (χ1n) is 6.04. The molecule has 0 saturated carbocycles. The van der Waals surface area contributed by atoms with Crippen LogP contribution >= 0.6 is 0 Å². The molecule has 1 heterocycles. The summed E-state index contributed by atoms with van der Waals surface area (Å²) < 4.78 is 0. The van der Waals surface area contributed by atoms with Crippen molar-refractivity contribution in [1.82, 2.24) is 4.90 Å². The molecule has 1 fully saturated rings. The van der Waals surface area contributed by atoms with E-state index in [9.17, 15) is 4.79 Å². The summed E-state index contributed by atoms with van der Waals surface area (Å²) in [4.78, 5) is 13.5. The Balaban J connectivity index is 2.41. The van der Waals surface area contributed by atoms with Gasteiger partial charge in [-0.1, -0.05) is 13.8 Å². The maximum absolute atomic E-state index is 11.1. The second kappa shape index (κ2) is 4.72. The fourth-order valence-corrected chi connectivity index (χ4v) is 2.25. The van der Waals surface area contributed by atoms with Crippen LogP contribution in [0.1, 0.15) is 40.0 Å². The normalized spacial score (nSPS) is 25.0. The maximum atomic E-state index is 11.1. The van der Waals surface area contributed by atoms with Gasteiger partial charge in [-0.25, -0.2) is 0 Å². The van der Waals surface area contributed by atoms with Gasteiger partial charge in [-0.05, 0) is 38.1 Å². The number of primary amides is 1. The van der Waals surface area contributed by atoms with Crippen molar-refractivity contribution in [2.45, 2.75) is 45.6 Å². The number of nitrogens with zero attached hydrogens (tertiary/aromatic N) is 1. The van der Waals surface area contributed by atoms with E-state index < -0.39 is 11.4 Å². The van der Waals surface area contributed by atoms with Crippen molar-refractivity contribution in [2.75, 3.05) is 19.6 Å². The number of hydrogen-bond acceptors (Lipinski definition) is 3. The third kappa shape index (κ3) is 3.76. The molecule has 1 aliphatic heterocycles. The number of hydrogen-bond donors (Lipinski definition) is 2. The monoisotopic (exact) mass is 227 g/mol. The Morgan fingerprint density at radius 3 is 2.62 bits per heavy atom. The van der Waals surface area contributed by atoms with Crippen LogP contribution in [0.4, 0.5) is 0 Å². The maximum Gasteiger partial charge on any atom is 0.237 e. The Bertz CT molecular complexity index is 261. The van der Waals surface area contributed by atoms with Gasteiger partial charge in [0.05, 0.1) is 5.54 Å². The molecule has 4 N–H and O–H groups in total. The second-order valence-corrected chi connectivity index (χ2v) is 6.08. The van der Waals surface area contributed by atoms with Gasteiger partial charge in [-0.15, -0.1) is 0 Å². The van der Waals surface area contributed by atoms with Gasteiger partial charge >= 0.3 is 0 Å². The van der Waals surface area contributed by atoms with Gasteiger partial charge in [-0.3, -0.25) is 4.79 Å². The average Bonchev–Trinajstić information content (AvgIpc) is 2.13. The van der Waals surface area contributed by atoms with E-state index in [4.69, 9.17) is 11.5 Å². The zero-order valence-corrected chi connectivity index (χ0v) is 10.8. The van der Waals surface area contributed by atoms with Crippen LogP contribution in [0.25, 0.3) is 0 Å². The molecule has 0 radical (unpaired) electrons. The first-order chi connectivity index (χ1) is 7.23. The molecule has 1 rings (SSSR count). The van der Waals surface area contributed by atoms with Gasteiger partial charge in [0.2, 0.25) is 5.91 Å². The summed E-state index contributed by atoms with van der Waals surface area (Å²) in [7, 11) is 0. The third-order valence-corrected chi connectivity index (χ3v) is 3.49. The number of nitrogens with two attached hydrogens (primary N) is 2. The van der Waals surface area contributed by atoms with Gasteiger partial charge in [-0.2, -0.15) is 0 Å². The highest BCUT2D eigenvalue weighted by molar-refractivity contribution is 5.83. The van der Waals surface area contributed by atoms with Crippen molar-refractivity contribution >= 4 is 5.91 Å². The number of carbonyl (C=O) groups excluding carboxylic acids is 1. The SMILES string of the molecule is CC1(C)CCCN(CCC(C)(N)C(N)=O)C1. The Hall–Kier alpha value is -0.610. The van der Waals surface area contributed by atoms with Gasteiger partial charge in [0.15, 0.2) is 0 Å². The molecule has 0 spiro atoms. The van der Waals surface area contributed by atoms with Crippen LogP contribution in [0.3, 0.4) is 0 Å². The lowest BCUT2D eigenvalue weighted by Gasteiger charge is -2.39. The highest BCUT2D eigenvalue weighted by Gasteiger charge is 2.30. The molecule has 0 bridgehead atoms. The lowest BCUT2D eigenvalue weighted by Crippen LogP contribution is -2.52. The van der Waals surface area contributed by atoms with E-state index in [1.165, 1.54) is 12.8 Å². The zero-order valence-electron chi connectivity index (χ0n) is 10.8. The van der Waals surface area contributed by atoms with Crippen LogP contribution in [-0.4, -0.2) is 36.0 Å². The van der Waals surface area contributed by atoms with Crippen molar-refractivity contribution < 1.29 is 4.79 Å². The van der Waals surface area contributed by atoms with Crippen LogP contribution in [0.2, 0.25) is 0 Å². The second-order valence-electron chi connectivity index (χ2n) is 6.08. The van der Waals surface area contributed by atoms with E-state index in [2.05, 4.69) is 18.7 Å². The molecule has 0 aromatic rings. The first-order valence-corrected chi connectivity index (χ1v) is 6.04. The van der Waals surface area contributed by atoms with Crippen molar-refractivity contribution in [3.05, 3.63) is 0 Å². The predicted molar refractivity (Wildman–Crippen MR) is 65.9 cm³/mol. The molecule has 1 aliphatic rings. The summed E-state index contributed by atoms with van der Waals surface area (Å²) in [6.07, 6.45) is 3.14. The molecule has 16 heavy (non-hydrogen) atoms. The average molecular weight is 227 g/mol. The van der Waals surface area contributed by atoms with Gasteiger partial charge in [0.1, 0.15) is 0 Å². The van der Waals surface area contributed by atoms with Crippen LogP contribution in [0, 0.1) is 5.41 Å². The molecular weight excluding hydrogens is 202 g/mol. The Kier molecular flexibility index (Phi) is 3.97. The van der Waals surface area contributed by atoms with E-state index in [-0.39, 0.29) is 0 Å². The molecule has 1 saturated heterocycles. The van der Waals surface area contributed by atoms with Crippen LogP contribution in [0.5, 0.6) is 0 Å². The summed E-state index contributed by atoms with van der Waals surface area (Å²) in [5.41, 5.74) is 10.6. The van der Waals surface area contributed by atoms with E-state index in [0.29, 0.717) is 11.8 Å². The molecule has 4 nitrogen and oxygen atoms in total. The fraction of sp³-hybridized carbons (Fsp3) is 0.917. The number of piperidine rings is 1. The van der Waals surface area contributed by atoms with E-state index in [1.54, 1.807) is 6.92 Å². The molecule has 0 aromatic carbocycles. The molecule has 1 amide bonds. The van der Waals surface area contributed by atoms with E-state index in [1.807, 2.05) is 0 Å². The summed E-state index contributed by atoms with van der Waals surface area (Å²) >= 11 is 0. The van der Waals surface area contributed by atoms with Crippen molar-refractivity contribution in [1.29, 1.82) is 0 Å². The summed E-state index contributed by atoms with van der Waals surface area (Å²) in [5.74, 6) is -0.413. The number of amides is 1. The minimum absolute atomic E-state index is 0.385. The van der Waals surface area contributed by atoms with Crippen LogP contribution in [0.15, 0.2) is 0 Å². The lowest BCUT2D eigenvalue weighted by molar-refractivity contribution is -0.122. The van der Waals surface area contributed by atoms with Gasteiger partial charge in [0.25, 0.3) is 0 Å². The topological polar surface area (TPSA) is 72.3 Å². The summed E-state index contributed by atoms with van der Waals surface area (Å²) in [5, 5.41) is 0. The first kappa shape index (κ1) is 13.5. The Labute approximate surface area is 98.3 Å². The van der Waals surface area contributed by atoms with Crippen molar-refractivity contribution in [2.24, 2.45) is 16.9 Å². The quantitative estimate of drug-likeness (QED) is 0.742. The van der Waals surface area contributed by atoms with E-state index in [0.717, 1.165) is 19.6 Å².